The molecule has 1 amide bonds. The standard InChI is InChI=1S/C23H38N4O3.HI/c1-3-24-22(28)18-30-21-13-9-10-19(16-21)17-27-23(25-4-2)26-14-15-29-20-11-7-5-6-8-12-20;/h9-10,13,16,20H,3-8,11-12,14-15,17-18H2,1-2H3,(H,24,28)(H2,25,26,27);1H. The molecule has 0 saturated heterocycles. The Morgan fingerprint density at radius 3 is 2.52 bits per heavy atom. The summed E-state index contributed by atoms with van der Waals surface area (Å²) in [6.07, 6.45) is 8.04. The molecule has 31 heavy (non-hydrogen) atoms. The summed E-state index contributed by atoms with van der Waals surface area (Å²) in [4.78, 5) is 16.2. The highest BCUT2D eigenvalue weighted by atomic mass is 127. The van der Waals surface area contributed by atoms with Crippen LogP contribution >= 0.6 is 24.0 Å². The molecular formula is C23H39IN4O3. The maximum absolute atomic E-state index is 11.5. The summed E-state index contributed by atoms with van der Waals surface area (Å²) < 4.78 is 11.6. The van der Waals surface area contributed by atoms with Crippen molar-refractivity contribution in [2.45, 2.75) is 65.0 Å². The van der Waals surface area contributed by atoms with E-state index in [2.05, 4.69) is 27.9 Å². The number of amides is 1. The van der Waals surface area contributed by atoms with Crippen molar-refractivity contribution in [3.63, 3.8) is 0 Å². The molecule has 1 aromatic carbocycles. The van der Waals surface area contributed by atoms with Crippen LogP contribution in [0.3, 0.4) is 0 Å². The summed E-state index contributed by atoms with van der Waals surface area (Å²) in [7, 11) is 0. The van der Waals surface area contributed by atoms with E-state index in [9.17, 15) is 4.79 Å². The first-order valence-electron chi connectivity index (χ1n) is 11.3. The quantitative estimate of drug-likeness (QED) is 0.130. The summed E-state index contributed by atoms with van der Waals surface area (Å²) >= 11 is 0. The predicted molar refractivity (Wildman–Crippen MR) is 136 cm³/mol. The number of benzene rings is 1. The molecule has 176 valence electrons. The molecule has 1 aliphatic carbocycles. The molecule has 0 radical (unpaired) electrons. The van der Waals surface area contributed by atoms with Crippen molar-refractivity contribution in [2.24, 2.45) is 4.99 Å². The molecule has 0 spiro atoms. The molecule has 2 rings (SSSR count). The monoisotopic (exact) mass is 546 g/mol. The van der Waals surface area contributed by atoms with Gasteiger partial charge in [0, 0.05) is 19.6 Å². The SMILES string of the molecule is CCNC(=O)COc1cccc(CN=C(NCC)NCCOC2CCCCCC2)c1.I. The number of carbonyl (C=O) groups is 1. The number of aliphatic imine (C=N–C) groups is 1. The molecule has 1 fully saturated rings. The van der Waals surface area contributed by atoms with Crippen molar-refractivity contribution in [1.82, 2.24) is 16.0 Å². The number of nitrogens with zero attached hydrogens (tertiary/aromatic N) is 1. The van der Waals surface area contributed by atoms with Gasteiger partial charge in [0.1, 0.15) is 5.75 Å². The molecule has 3 N–H and O–H groups in total. The third-order valence-electron chi connectivity index (χ3n) is 4.96. The number of hydrogen-bond acceptors (Lipinski definition) is 4. The number of halogens is 1. The van der Waals surface area contributed by atoms with Crippen LogP contribution in [0.2, 0.25) is 0 Å². The Hall–Kier alpha value is -1.55. The van der Waals surface area contributed by atoms with Gasteiger partial charge in [0.15, 0.2) is 12.6 Å². The van der Waals surface area contributed by atoms with Gasteiger partial charge in [-0.05, 0) is 44.4 Å². The van der Waals surface area contributed by atoms with E-state index < -0.39 is 0 Å². The van der Waals surface area contributed by atoms with Gasteiger partial charge in [-0.3, -0.25) is 4.79 Å². The van der Waals surface area contributed by atoms with Gasteiger partial charge in [-0.2, -0.15) is 0 Å². The number of hydrogen-bond donors (Lipinski definition) is 3. The molecule has 0 aromatic heterocycles. The topological polar surface area (TPSA) is 84.0 Å². The van der Waals surface area contributed by atoms with Crippen LogP contribution < -0.4 is 20.7 Å². The van der Waals surface area contributed by atoms with Crippen LogP contribution in [0.1, 0.15) is 57.9 Å². The number of carbonyl (C=O) groups excluding carboxylic acids is 1. The molecule has 0 heterocycles. The van der Waals surface area contributed by atoms with Gasteiger partial charge in [0.25, 0.3) is 5.91 Å². The Kier molecular flexibility index (Phi) is 15.1. The van der Waals surface area contributed by atoms with Gasteiger partial charge in [0.2, 0.25) is 0 Å². The minimum atomic E-state index is -0.120. The highest BCUT2D eigenvalue weighted by Crippen LogP contribution is 2.19. The Labute approximate surface area is 204 Å². The van der Waals surface area contributed by atoms with Crippen LogP contribution in [-0.4, -0.2) is 50.8 Å². The fraction of sp³-hybridized carbons (Fsp3) is 0.652. The summed E-state index contributed by atoms with van der Waals surface area (Å²) in [5.41, 5.74) is 1.02. The normalized spacial score (nSPS) is 14.8. The fourth-order valence-electron chi connectivity index (χ4n) is 3.45. The summed E-state index contributed by atoms with van der Waals surface area (Å²) in [6, 6.07) is 7.68. The number of ether oxygens (including phenoxy) is 2. The highest BCUT2D eigenvalue weighted by molar-refractivity contribution is 14.0. The molecule has 0 atom stereocenters. The zero-order chi connectivity index (χ0) is 21.4. The Morgan fingerprint density at radius 1 is 1.06 bits per heavy atom. The average molecular weight is 546 g/mol. The number of rotatable bonds is 11. The maximum atomic E-state index is 11.5. The van der Waals surface area contributed by atoms with Crippen molar-refractivity contribution in [3.8, 4) is 5.75 Å². The van der Waals surface area contributed by atoms with Gasteiger partial charge in [-0.1, -0.05) is 37.8 Å². The Bertz CT molecular complexity index is 649. The zero-order valence-electron chi connectivity index (χ0n) is 19.0. The van der Waals surface area contributed by atoms with Crippen LogP contribution in [0.15, 0.2) is 29.3 Å². The fourth-order valence-corrected chi connectivity index (χ4v) is 3.45. The second kappa shape index (κ2) is 17.1. The van der Waals surface area contributed by atoms with Crippen LogP contribution in [0.5, 0.6) is 5.75 Å². The van der Waals surface area contributed by atoms with Crippen LogP contribution in [0.25, 0.3) is 0 Å². The van der Waals surface area contributed by atoms with Crippen molar-refractivity contribution in [2.75, 3.05) is 32.8 Å². The van der Waals surface area contributed by atoms with E-state index >= 15 is 0 Å². The first kappa shape index (κ1) is 27.5. The molecule has 1 aliphatic rings. The van der Waals surface area contributed by atoms with Crippen LogP contribution in [0, 0.1) is 0 Å². The third kappa shape index (κ3) is 12.2. The number of likely N-dealkylation sites (N-methyl/N-ethyl adjacent to an activating group) is 1. The zero-order valence-corrected chi connectivity index (χ0v) is 21.3. The van der Waals surface area contributed by atoms with Gasteiger partial charge in [0.05, 0.1) is 19.3 Å². The lowest BCUT2D eigenvalue weighted by molar-refractivity contribution is -0.122. The maximum Gasteiger partial charge on any atom is 0.257 e. The average Bonchev–Trinajstić information content (AvgIpc) is 3.03. The van der Waals surface area contributed by atoms with Crippen LogP contribution in [0.4, 0.5) is 0 Å². The van der Waals surface area contributed by atoms with E-state index in [0.717, 1.165) is 24.6 Å². The van der Waals surface area contributed by atoms with Crippen molar-refractivity contribution >= 4 is 35.8 Å². The van der Waals surface area contributed by atoms with Crippen molar-refractivity contribution in [1.29, 1.82) is 0 Å². The Morgan fingerprint density at radius 2 is 1.81 bits per heavy atom. The van der Waals surface area contributed by atoms with Gasteiger partial charge in [-0.15, -0.1) is 24.0 Å². The van der Waals surface area contributed by atoms with E-state index in [1.165, 1.54) is 38.5 Å². The molecule has 0 bridgehead atoms. The van der Waals surface area contributed by atoms with Gasteiger partial charge in [-0.25, -0.2) is 4.99 Å². The van der Waals surface area contributed by atoms with Gasteiger partial charge >= 0.3 is 0 Å². The first-order valence-corrected chi connectivity index (χ1v) is 11.3. The van der Waals surface area contributed by atoms with E-state index in [1.807, 2.05) is 31.2 Å². The molecule has 1 aromatic rings. The lowest BCUT2D eigenvalue weighted by atomic mass is 10.1. The first-order chi connectivity index (χ1) is 14.7. The summed E-state index contributed by atoms with van der Waals surface area (Å²) in [6.45, 7) is 7.30. The third-order valence-corrected chi connectivity index (χ3v) is 4.96. The smallest absolute Gasteiger partial charge is 0.257 e. The minimum Gasteiger partial charge on any atom is -0.484 e. The van der Waals surface area contributed by atoms with E-state index in [4.69, 9.17) is 9.47 Å². The molecule has 8 heteroatoms. The number of nitrogens with one attached hydrogen (secondary N) is 3. The van der Waals surface area contributed by atoms with Crippen molar-refractivity contribution in [3.05, 3.63) is 29.8 Å². The molecular weight excluding hydrogens is 507 g/mol. The van der Waals surface area contributed by atoms with Crippen molar-refractivity contribution < 1.29 is 14.3 Å². The summed E-state index contributed by atoms with van der Waals surface area (Å²) in [5, 5.41) is 9.33. The molecule has 7 nitrogen and oxygen atoms in total. The lowest BCUT2D eigenvalue weighted by Gasteiger charge is -2.16. The molecule has 1 saturated carbocycles. The molecule has 0 unspecified atom stereocenters. The highest BCUT2D eigenvalue weighted by Gasteiger charge is 2.12. The van der Waals surface area contributed by atoms with E-state index in [1.54, 1.807) is 0 Å². The molecule has 0 aliphatic heterocycles. The predicted octanol–water partition coefficient (Wildman–Crippen LogP) is 3.61. The van der Waals surface area contributed by atoms with E-state index in [0.29, 0.717) is 31.5 Å². The lowest BCUT2D eigenvalue weighted by Crippen LogP contribution is -2.39. The second-order valence-corrected chi connectivity index (χ2v) is 7.50. The minimum absolute atomic E-state index is 0. The number of guanidine groups is 1. The second-order valence-electron chi connectivity index (χ2n) is 7.50. The largest absolute Gasteiger partial charge is 0.484 e. The summed E-state index contributed by atoms with van der Waals surface area (Å²) in [5.74, 6) is 1.32. The van der Waals surface area contributed by atoms with Gasteiger partial charge < -0.3 is 25.4 Å². The van der Waals surface area contributed by atoms with Crippen LogP contribution in [-0.2, 0) is 16.1 Å². The Balaban J connectivity index is 0.00000480. The van der Waals surface area contributed by atoms with E-state index in [-0.39, 0.29) is 36.5 Å².